The van der Waals surface area contributed by atoms with Crippen LogP contribution in [0, 0.1) is 0 Å². The van der Waals surface area contributed by atoms with E-state index in [1.54, 1.807) is 11.6 Å². The fraction of sp³-hybridized carbons (Fsp3) is 0.400. The zero-order valence-corrected chi connectivity index (χ0v) is 15.8. The number of aromatic nitrogens is 2. The monoisotopic (exact) mass is 356 g/mol. The van der Waals surface area contributed by atoms with Gasteiger partial charge in [0.1, 0.15) is 5.82 Å². The fourth-order valence-electron chi connectivity index (χ4n) is 2.75. The molecule has 0 aliphatic carbocycles. The molecule has 0 aliphatic heterocycles. The largest absolute Gasteiger partial charge is 0.327 e. The Labute approximate surface area is 154 Å². The first-order valence-corrected chi connectivity index (χ1v) is 8.96. The second-order valence-corrected chi connectivity index (χ2v) is 6.46. The third-order valence-electron chi connectivity index (χ3n) is 4.10. The van der Waals surface area contributed by atoms with E-state index in [0.717, 1.165) is 54.8 Å². The molecule has 0 saturated carbocycles. The molecule has 1 heterocycles. The highest BCUT2D eigenvalue weighted by molar-refractivity contribution is 5.91. The quantitative estimate of drug-likeness (QED) is 0.314. The molecule has 0 bridgehead atoms. The first-order valence-electron chi connectivity index (χ1n) is 8.96. The molecule has 2 aromatic rings. The van der Waals surface area contributed by atoms with Crippen LogP contribution in [0.1, 0.15) is 31.2 Å². The van der Waals surface area contributed by atoms with Crippen molar-refractivity contribution in [3.8, 4) is 0 Å². The van der Waals surface area contributed by atoms with Gasteiger partial charge >= 0.3 is 0 Å². The second kappa shape index (κ2) is 9.89. The van der Waals surface area contributed by atoms with Crippen LogP contribution in [0.5, 0.6) is 0 Å². The summed E-state index contributed by atoms with van der Waals surface area (Å²) >= 11 is 0. The van der Waals surface area contributed by atoms with Crippen molar-refractivity contribution in [2.45, 2.75) is 32.7 Å². The van der Waals surface area contributed by atoms with Gasteiger partial charge in [0.05, 0.1) is 11.0 Å². The number of hydrogen-bond donors (Lipinski definition) is 2. The van der Waals surface area contributed by atoms with Crippen LogP contribution >= 0.6 is 0 Å². The molecule has 0 unspecified atom stereocenters. The Balaban J connectivity index is 2.31. The summed E-state index contributed by atoms with van der Waals surface area (Å²) in [6.07, 6.45) is 10.3. The van der Waals surface area contributed by atoms with Gasteiger partial charge in [0.25, 0.3) is 5.91 Å². The number of likely N-dealkylation sites (N-methyl/N-ethyl adjacent to an activating group) is 1. The summed E-state index contributed by atoms with van der Waals surface area (Å²) in [5.74, 6) is 0.529. The van der Waals surface area contributed by atoms with E-state index >= 15 is 0 Å². The van der Waals surface area contributed by atoms with Gasteiger partial charge in [0.2, 0.25) is 0 Å². The van der Waals surface area contributed by atoms with Crippen LogP contribution in [0.2, 0.25) is 0 Å². The Kier molecular flexibility index (Phi) is 7.56. The van der Waals surface area contributed by atoms with Crippen LogP contribution in [0.25, 0.3) is 17.1 Å². The fourth-order valence-corrected chi connectivity index (χ4v) is 2.75. The van der Waals surface area contributed by atoms with Crippen LogP contribution in [0.3, 0.4) is 0 Å². The number of amides is 1. The van der Waals surface area contributed by atoms with Gasteiger partial charge in [-0.15, -0.1) is 0 Å². The van der Waals surface area contributed by atoms with E-state index in [1.165, 1.54) is 6.08 Å². The number of aryl methyl sites for hydroxylation is 1. The molecule has 1 aromatic carbocycles. The van der Waals surface area contributed by atoms with Gasteiger partial charge in [-0.05, 0) is 50.7 Å². The molecule has 2 rings (SSSR count). The number of allylic oxidation sites excluding steroid dienone is 2. The summed E-state index contributed by atoms with van der Waals surface area (Å²) in [5, 5.41) is 8.57. The van der Waals surface area contributed by atoms with Gasteiger partial charge in [-0.1, -0.05) is 25.1 Å². The van der Waals surface area contributed by atoms with Crippen molar-refractivity contribution in [2.24, 2.45) is 0 Å². The Morgan fingerprint density at radius 1 is 1.35 bits per heavy atom. The summed E-state index contributed by atoms with van der Waals surface area (Å²) in [5.41, 5.74) is 4.48. The molecule has 0 spiro atoms. The zero-order valence-electron chi connectivity index (χ0n) is 15.8. The zero-order chi connectivity index (χ0) is 18.9. The maximum Gasteiger partial charge on any atom is 0.267 e. The number of rotatable bonds is 9. The molecule has 6 heteroatoms. The van der Waals surface area contributed by atoms with Crippen molar-refractivity contribution in [1.29, 1.82) is 0 Å². The normalized spacial score (nSPS) is 12.0. The van der Waals surface area contributed by atoms with Crippen molar-refractivity contribution in [3.05, 3.63) is 47.8 Å². The Hall–Kier alpha value is -2.44. The Bertz CT molecular complexity index is 790. The van der Waals surface area contributed by atoms with Gasteiger partial charge in [0, 0.05) is 25.6 Å². The molecule has 140 valence electrons. The molecule has 1 amide bonds. The number of nitrogens with one attached hydrogen (secondary N) is 1. The van der Waals surface area contributed by atoms with Gasteiger partial charge in [-0.3, -0.25) is 10.0 Å². The minimum atomic E-state index is -0.551. The highest BCUT2D eigenvalue weighted by Crippen LogP contribution is 2.20. The number of nitrogens with zero attached hydrogens (tertiary/aromatic N) is 3. The van der Waals surface area contributed by atoms with E-state index in [-0.39, 0.29) is 0 Å². The van der Waals surface area contributed by atoms with Crippen LogP contribution in [-0.4, -0.2) is 46.2 Å². The molecule has 0 aliphatic rings. The van der Waals surface area contributed by atoms with E-state index in [4.69, 9.17) is 10.2 Å². The molecular formula is C20H28N4O2. The average Bonchev–Trinajstić information content (AvgIpc) is 2.98. The minimum absolute atomic E-state index is 0.551. The number of hydrogen-bond acceptors (Lipinski definition) is 4. The molecule has 0 radical (unpaired) electrons. The van der Waals surface area contributed by atoms with Crippen molar-refractivity contribution < 1.29 is 10.0 Å². The Morgan fingerprint density at radius 2 is 2.15 bits per heavy atom. The third kappa shape index (κ3) is 5.54. The summed E-state index contributed by atoms with van der Waals surface area (Å²) < 4.78 is 2.28. The number of carbonyl (C=O) groups excluding carboxylic acids is 1. The molecule has 0 saturated heterocycles. The first-order chi connectivity index (χ1) is 12.5. The second-order valence-electron chi connectivity index (χ2n) is 6.46. The predicted molar refractivity (Wildman–Crippen MR) is 105 cm³/mol. The van der Waals surface area contributed by atoms with Gasteiger partial charge in [-0.2, -0.15) is 0 Å². The van der Waals surface area contributed by atoms with Gasteiger partial charge in [-0.25, -0.2) is 10.5 Å². The van der Waals surface area contributed by atoms with Crippen molar-refractivity contribution in [1.82, 2.24) is 19.9 Å². The highest BCUT2D eigenvalue weighted by Gasteiger charge is 2.11. The predicted octanol–water partition coefficient (Wildman–Crippen LogP) is 3.02. The van der Waals surface area contributed by atoms with Crippen LogP contribution in [0.15, 0.2) is 36.4 Å². The van der Waals surface area contributed by atoms with Crippen molar-refractivity contribution >= 4 is 23.0 Å². The van der Waals surface area contributed by atoms with Crippen molar-refractivity contribution in [3.63, 3.8) is 0 Å². The maximum absolute atomic E-state index is 11.1. The number of imidazole rings is 1. The summed E-state index contributed by atoms with van der Waals surface area (Å²) in [4.78, 5) is 18.1. The number of fused-ring (bicyclic) bond motifs is 1. The lowest BCUT2D eigenvalue weighted by molar-refractivity contribution is -0.124. The Morgan fingerprint density at radius 3 is 2.85 bits per heavy atom. The lowest BCUT2D eigenvalue weighted by atomic mass is 10.2. The third-order valence-corrected chi connectivity index (χ3v) is 4.10. The first kappa shape index (κ1) is 19.9. The lowest BCUT2D eigenvalue weighted by Gasteiger charge is -2.13. The number of benzene rings is 1. The molecular weight excluding hydrogens is 328 g/mol. The smallest absolute Gasteiger partial charge is 0.267 e. The molecule has 26 heavy (non-hydrogen) atoms. The van der Waals surface area contributed by atoms with E-state index < -0.39 is 5.91 Å². The molecule has 0 fully saturated rings. The minimum Gasteiger partial charge on any atom is -0.327 e. The summed E-state index contributed by atoms with van der Waals surface area (Å²) in [6, 6.07) is 5.96. The van der Waals surface area contributed by atoms with Crippen LogP contribution in [-0.2, 0) is 17.8 Å². The van der Waals surface area contributed by atoms with E-state index in [9.17, 15) is 4.79 Å². The topological polar surface area (TPSA) is 70.4 Å². The van der Waals surface area contributed by atoms with E-state index in [2.05, 4.69) is 42.6 Å². The average molecular weight is 356 g/mol. The molecule has 1 aromatic heterocycles. The number of carbonyl (C=O) groups is 1. The molecule has 2 N–H and O–H groups in total. The standard InChI is InChI=1S/C20H28N4O2/c1-4-5-6-7-8-19-21-17-15-16(10-12-20(25)22-26)9-11-18(17)24(19)14-13-23(2)3/h5-6,9-12,15,26H,4,7-8,13-14H2,1-3H3,(H,22,25)/b6-5?,12-10+. The van der Waals surface area contributed by atoms with Gasteiger partial charge < -0.3 is 9.47 Å². The lowest BCUT2D eigenvalue weighted by Crippen LogP contribution is -2.19. The summed E-state index contributed by atoms with van der Waals surface area (Å²) in [7, 11) is 4.13. The maximum atomic E-state index is 11.1. The van der Waals surface area contributed by atoms with E-state index in [1.807, 2.05) is 18.2 Å². The summed E-state index contributed by atoms with van der Waals surface area (Å²) in [6.45, 7) is 3.97. The van der Waals surface area contributed by atoms with Crippen molar-refractivity contribution in [2.75, 3.05) is 20.6 Å². The van der Waals surface area contributed by atoms with Crippen LogP contribution in [0.4, 0.5) is 0 Å². The van der Waals surface area contributed by atoms with Crippen LogP contribution < -0.4 is 5.48 Å². The number of hydroxylamine groups is 1. The molecule has 6 nitrogen and oxygen atoms in total. The highest BCUT2D eigenvalue weighted by atomic mass is 16.5. The SMILES string of the molecule is CCC=CCCc1nc2cc(/C=C/C(=O)NO)ccc2n1CCN(C)C. The van der Waals surface area contributed by atoms with Gasteiger partial charge in [0.15, 0.2) is 0 Å². The molecule has 0 atom stereocenters. The van der Waals surface area contributed by atoms with E-state index in [0.29, 0.717) is 0 Å².